The van der Waals surface area contributed by atoms with E-state index in [9.17, 15) is 14.4 Å². The molecule has 0 amide bonds. The molecule has 7 heteroatoms. The van der Waals surface area contributed by atoms with Crippen LogP contribution in [0, 0.1) is 0 Å². The highest BCUT2D eigenvalue weighted by Crippen LogP contribution is 2.34. The molecule has 1 aliphatic rings. The lowest BCUT2D eigenvalue weighted by Crippen LogP contribution is -2.15. The molecule has 2 aromatic carbocycles. The second-order valence-corrected chi connectivity index (χ2v) is 7.60. The summed E-state index contributed by atoms with van der Waals surface area (Å²) in [7, 11) is 0. The van der Waals surface area contributed by atoms with Gasteiger partial charge in [0.15, 0.2) is 11.6 Å². The molecule has 0 aliphatic heterocycles. The maximum Gasteiger partial charge on any atom is 0.335 e. The quantitative estimate of drug-likeness (QED) is 0.578. The highest BCUT2D eigenvalue weighted by atomic mass is 35.5. The number of hydrogen-bond acceptors (Lipinski definition) is 3. The van der Waals surface area contributed by atoms with E-state index in [2.05, 4.69) is 0 Å². The van der Waals surface area contributed by atoms with Gasteiger partial charge in [0.25, 0.3) is 0 Å². The van der Waals surface area contributed by atoms with Crippen molar-refractivity contribution >= 4 is 40.7 Å². The van der Waals surface area contributed by atoms with Crippen LogP contribution < -0.4 is 0 Å². The van der Waals surface area contributed by atoms with E-state index < -0.39 is 11.8 Å². The van der Waals surface area contributed by atoms with Crippen molar-refractivity contribution in [3.05, 3.63) is 86.7 Å². The van der Waals surface area contributed by atoms with Crippen molar-refractivity contribution in [3.63, 3.8) is 0 Å². The molecule has 146 valence electrons. The van der Waals surface area contributed by atoms with Crippen LogP contribution in [0.2, 0.25) is 10.0 Å². The van der Waals surface area contributed by atoms with Gasteiger partial charge in [0.2, 0.25) is 0 Å². The average molecular weight is 428 g/mol. The predicted molar refractivity (Wildman–Crippen MR) is 110 cm³/mol. The third-order valence-corrected chi connectivity index (χ3v) is 5.66. The molecular formula is C22H15Cl2NO4. The maximum atomic E-state index is 13.3. The Morgan fingerprint density at radius 2 is 1.62 bits per heavy atom. The summed E-state index contributed by atoms with van der Waals surface area (Å²) in [5.41, 5.74) is 2.36. The monoisotopic (exact) mass is 427 g/mol. The van der Waals surface area contributed by atoms with Crippen molar-refractivity contribution in [2.45, 2.75) is 19.3 Å². The van der Waals surface area contributed by atoms with Gasteiger partial charge in [0.05, 0.1) is 32.3 Å². The van der Waals surface area contributed by atoms with Crippen LogP contribution in [-0.2, 0) is 6.42 Å². The lowest BCUT2D eigenvalue weighted by Gasteiger charge is -2.15. The molecule has 1 aliphatic carbocycles. The minimum Gasteiger partial charge on any atom is -0.478 e. The maximum absolute atomic E-state index is 13.3. The van der Waals surface area contributed by atoms with E-state index >= 15 is 0 Å². The number of fused-ring (bicyclic) bond motifs is 1. The van der Waals surface area contributed by atoms with Gasteiger partial charge in [-0.25, -0.2) is 4.79 Å². The standard InChI is InChI=1S/C22H15Cl2NO4/c23-15-3-1-4-16(24)20(15)21(27)14-11-25(17-5-2-6-18(26)19(14)17)13-9-7-12(8-10-13)22(28)29/h1,3-4,7-11H,2,5-6H2,(H,28,29). The molecule has 1 N–H and O–H groups in total. The summed E-state index contributed by atoms with van der Waals surface area (Å²) in [4.78, 5) is 37.1. The Bertz CT molecular complexity index is 1140. The minimum atomic E-state index is -1.02. The number of carbonyl (C=O) groups is 3. The molecule has 0 saturated carbocycles. The average Bonchev–Trinajstić information content (AvgIpc) is 3.09. The van der Waals surface area contributed by atoms with Crippen LogP contribution in [0.15, 0.2) is 48.7 Å². The van der Waals surface area contributed by atoms with E-state index in [1.165, 1.54) is 12.1 Å². The Morgan fingerprint density at radius 1 is 0.966 bits per heavy atom. The number of benzene rings is 2. The summed E-state index contributed by atoms with van der Waals surface area (Å²) in [5.74, 6) is -1.53. The number of Topliss-reactive ketones (excluding diaryl/α,β-unsaturated/α-hetero) is 1. The molecule has 0 unspecified atom stereocenters. The Hall–Kier alpha value is -2.89. The van der Waals surface area contributed by atoms with E-state index in [0.717, 1.165) is 5.69 Å². The zero-order valence-corrected chi connectivity index (χ0v) is 16.6. The summed E-state index contributed by atoms with van der Waals surface area (Å²) in [6.45, 7) is 0. The first kappa shape index (κ1) is 19.4. The van der Waals surface area contributed by atoms with Crippen LogP contribution >= 0.6 is 23.2 Å². The molecule has 29 heavy (non-hydrogen) atoms. The van der Waals surface area contributed by atoms with E-state index in [-0.39, 0.29) is 32.5 Å². The Balaban J connectivity index is 1.89. The second kappa shape index (κ2) is 7.50. The highest BCUT2D eigenvalue weighted by molar-refractivity contribution is 6.41. The van der Waals surface area contributed by atoms with Crippen molar-refractivity contribution in [1.82, 2.24) is 4.57 Å². The summed E-state index contributed by atoms with van der Waals surface area (Å²) >= 11 is 12.4. The van der Waals surface area contributed by atoms with Gasteiger partial charge in [-0.05, 0) is 49.2 Å². The molecule has 1 heterocycles. The van der Waals surface area contributed by atoms with Crippen molar-refractivity contribution < 1.29 is 19.5 Å². The molecule has 5 nitrogen and oxygen atoms in total. The smallest absolute Gasteiger partial charge is 0.335 e. The number of halogens is 2. The van der Waals surface area contributed by atoms with Crippen LogP contribution in [0.25, 0.3) is 5.69 Å². The van der Waals surface area contributed by atoms with Gasteiger partial charge in [-0.1, -0.05) is 29.3 Å². The van der Waals surface area contributed by atoms with Gasteiger partial charge in [-0.2, -0.15) is 0 Å². The summed E-state index contributed by atoms with van der Waals surface area (Å²) < 4.78 is 1.77. The Morgan fingerprint density at radius 3 is 2.24 bits per heavy atom. The molecular weight excluding hydrogens is 413 g/mol. The van der Waals surface area contributed by atoms with Gasteiger partial charge in [0, 0.05) is 24.0 Å². The van der Waals surface area contributed by atoms with Crippen molar-refractivity contribution in [2.24, 2.45) is 0 Å². The number of nitrogens with zero attached hydrogens (tertiary/aromatic N) is 1. The molecule has 0 saturated heterocycles. The van der Waals surface area contributed by atoms with Crippen molar-refractivity contribution in [3.8, 4) is 5.69 Å². The number of rotatable bonds is 4. The van der Waals surface area contributed by atoms with Gasteiger partial charge in [0.1, 0.15) is 0 Å². The molecule has 3 aromatic rings. The topological polar surface area (TPSA) is 76.4 Å². The highest BCUT2D eigenvalue weighted by Gasteiger charge is 2.30. The number of aromatic carboxylic acids is 1. The van der Waals surface area contributed by atoms with E-state index in [1.54, 1.807) is 41.1 Å². The molecule has 0 bridgehead atoms. The van der Waals surface area contributed by atoms with Crippen LogP contribution in [0.3, 0.4) is 0 Å². The summed E-state index contributed by atoms with van der Waals surface area (Å²) in [6.07, 6.45) is 3.30. The molecule has 1 aromatic heterocycles. The first-order chi connectivity index (χ1) is 13.9. The normalized spacial score (nSPS) is 13.2. The Labute approximate surface area is 176 Å². The second-order valence-electron chi connectivity index (χ2n) is 6.79. The third-order valence-electron chi connectivity index (χ3n) is 5.03. The van der Waals surface area contributed by atoms with Crippen LogP contribution in [-0.4, -0.2) is 27.2 Å². The molecule has 4 rings (SSSR count). The molecule has 0 fully saturated rings. The van der Waals surface area contributed by atoms with E-state index in [0.29, 0.717) is 30.5 Å². The lowest BCUT2D eigenvalue weighted by atomic mass is 9.91. The van der Waals surface area contributed by atoms with Crippen LogP contribution in [0.4, 0.5) is 0 Å². The molecule has 0 spiro atoms. The Kier molecular flexibility index (Phi) is 5.03. The van der Waals surface area contributed by atoms with Crippen LogP contribution in [0.5, 0.6) is 0 Å². The van der Waals surface area contributed by atoms with E-state index in [1.807, 2.05) is 0 Å². The summed E-state index contributed by atoms with van der Waals surface area (Å²) in [6, 6.07) is 11.1. The zero-order chi connectivity index (χ0) is 20.7. The zero-order valence-electron chi connectivity index (χ0n) is 15.1. The van der Waals surface area contributed by atoms with Gasteiger partial charge in [-0.15, -0.1) is 0 Å². The minimum absolute atomic E-state index is 0.0984. The number of hydrogen-bond donors (Lipinski definition) is 1. The first-order valence-corrected chi connectivity index (χ1v) is 9.74. The fraction of sp³-hybridized carbons (Fsp3) is 0.136. The fourth-order valence-corrected chi connectivity index (χ4v) is 4.23. The fourth-order valence-electron chi connectivity index (χ4n) is 3.66. The lowest BCUT2D eigenvalue weighted by molar-refractivity contribution is 0.0696. The number of carboxylic acid groups (broad SMARTS) is 1. The summed E-state index contributed by atoms with van der Waals surface area (Å²) in [5, 5.41) is 9.55. The number of aromatic nitrogens is 1. The largest absolute Gasteiger partial charge is 0.478 e. The number of carbonyl (C=O) groups excluding carboxylic acids is 2. The predicted octanol–water partition coefficient (Wildman–Crippen LogP) is 5.23. The SMILES string of the molecule is O=C(O)c1ccc(-n2cc(C(=O)c3c(Cl)cccc3Cl)c3c2CCCC3=O)cc1. The number of carboxylic acids is 1. The van der Waals surface area contributed by atoms with Gasteiger partial charge < -0.3 is 9.67 Å². The van der Waals surface area contributed by atoms with Gasteiger partial charge in [-0.3, -0.25) is 9.59 Å². The molecule has 0 atom stereocenters. The first-order valence-electron chi connectivity index (χ1n) is 8.98. The van der Waals surface area contributed by atoms with Gasteiger partial charge >= 0.3 is 5.97 Å². The van der Waals surface area contributed by atoms with Crippen LogP contribution in [0.1, 0.15) is 55.2 Å². The van der Waals surface area contributed by atoms with E-state index in [4.69, 9.17) is 28.3 Å². The molecule has 0 radical (unpaired) electrons. The third kappa shape index (κ3) is 3.37. The van der Waals surface area contributed by atoms with Crippen molar-refractivity contribution in [1.29, 1.82) is 0 Å². The number of ketones is 2. The van der Waals surface area contributed by atoms with Crippen molar-refractivity contribution in [2.75, 3.05) is 0 Å².